The molecule has 2 aromatic rings. The van der Waals surface area contributed by atoms with Crippen molar-refractivity contribution in [3.63, 3.8) is 0 Å². The van der Waals surface area contributed by atoms with E-state index in [2.05, 4.69) is 5.32 Å². The number of carbonyl (C=O) groups is 2. The summed E-state index contributed by atoms with van der Waals surface area (Å²) in [6.45, 7) is 4.89. The zero-order chi connectivity index (χ0) is 23.1. The predicted molar refractivity (Wildman–Crippen MR) is 125 cm³/mol. The lowest BCUT2D eigenvalue weighted by Gasteiger charge is -2.31. The Balaban J connectivity index is 1.77. The first-order valence-electron chi connectivity index (χ1n) is 10.8. The van der Waals surface area contributed by atoms with Crippen molar-refractivity contribution in [1.29, 1.82) is 0 Å². The van der Waals surface area contributed by atoms with Gasteiger partial charge in [-0.2, -0.15) is 0 Å². The molecule has 0 bridgehead atoms. The van der Waals surface area contributed by atoms with E-state index < -0.39 is 6.04 Å². The predicted octanol–water partition coefficient (Wildman–Crippen LogP) is 4.99. The number of nitrogens with zero attached hydrogens (tertiary/aromatic N) is 1. The number of carbonyl (C=O) groups excluding carboxylic acids is 2. The quantitative estimate of drug-likeness (QED) is 0.522. The normalized spacial score (nSPS) is 13.0. The second-order valence-electron chi connectivity index (χ2n) is 7.66. The van der Waals surface area contributed by atoms with Crippen LogP contribution in [0.15, 0.2) is 36.4 Å². The largest absolute Gasteiger partial charge is 0.454 e. The Morgan fingerprint density at radius 2 is 1.88 bits per heavy atom. The van der Waals surface area contributed by atoms with Crippen LogP contribution in [0, 0.1) is 0 Å². The summed E-state index contributed by atoms with van der Waals surface area (Å²) in [4.78, 5) is 27.8. The third-order valence-corrected chi connectivity index (χ3v) is 5.94. The minimum absolute atomic E-state index is 0.118. The van der Waals surface area contributed by atoms with Crippen LogP contribution in [0.25, 0.3) is 0 Å². The van der Waals surface area contributed by atoms with Crippen LogP contribution in [0.1, 0.15) is 44.2 Å². The van der Waals surface area contributed by atoms with Crippen LogP contribution in [0.5, 0.6) is 11.5 Å². The lowest BCUT2D eigenvalue weighted by molar-refractivity contribution is -0.141. The molecule has 1 unspecified atom stereocenters. The maximum absolute atomic E-state index is 13.3. The second kappa shape index (κ2) is 11.4. The highest BCUT2D eigenvalue weighted by molar-refractivity contribution is 6.35. The summed E-state index contributed by atoms with van der Waals surface area (Å²) in [7, 11) is 0. The Labute approximate surface area is 198 Å². The number of benzene rings is 2. The Kier molecular flexibility index (Phi) is 8.65. The molecule has 8 heteroatoms. The van der Waals surface area contributed by atoms with Gasteiger partial charge in [-0.15, -0.1) is 0 Å². The highest BCUT2D eigenvalue weighted by Gasteiger charge is 2.29. The lowest BCUT2D eigenvalue weighted by atomic mass is 10.1. The van der Waals surface area contributed by atoms with E-state index >= 15 is 0 Å². The SMILES string of the molecule is CCCNC(=O)C(CC)N(Cc1ccc(Cl)cc1Cl)C(=O)CCc1ccc2c(c1)OCO2. The average Bonchev–Trinajstić information content (AvgIpc) is 3.25. The Morgan fingerprint density at radius 3 is 2.59 bits per heavy atom. The fraction of sp³-hybridized carbons (Fsp3) is 0.417. The van der Waals surface area contributed by atoms with Gasteiger partial charge in [0.2, 0.25) is 18.6 Å². The molecule has 1 aliphatic rings. The van der Waals surface area contributed by atoms with Crippen LogP contribution < -0.4 is 14.8 Å². The smallest absolute Gasteiger partial charge is 0.242 e. The number of rotatable bonds is 10. The number of hydrogen-bond acceptors (Lipinski definition) is 4. The molecule has 1 heterocycles. The van der Waals surface area contributed by atoms with Crippen molar-refractivity contribution >= 4 is 35.0 Å². The number of amides is 2. The third-order valence-electron chi connectivity index (χ3n) is 5.36. The first-order chi connectivity index (χ1) is 15.4. The molecule has 2 aromatic carbocycles. The molecule has 0 aromatic heterocycles. The molecule has 0 fully saturated rings. The van der Waals surface area contributed by atoms with Crippen LogP contribution in [-0.2, 0) is 22.6 Å². The van der Waals surface area contributed by atoms with E-state index in [0.29, 0.717) is 40.9 Å². The fourth-order valence-electron chi connectivity index (χ4n) is 3.61. The van der Waals surface area contributed by atoms with Gasteiger partial charge in [-0.3, -0.25) is 9.59 Å². The van der Waals surface area contributed by atoms with Gasteiger partial charge in [0, 0.05) is 29.6 Å². The summed E-state index contributed by atoms with van der Waals surface area (Å²) in [6.07, 6.45) is 2.09. The van der Waals surface area contributed by atoms with E-state index in [4.69, 9.17) is 32.7 Å². The van der Waals surface area contributed by atoms with Gasteiger partial charge in [-0.1, -0.05) is 49.2 Å². The van der Waals surface area contributed by atoms with Crippen molar-refractivity contribution in [3.05, 3.63) is 57.6 Å². The Morgan fingerprint density at radius 1 is 1.09 bits per heavy atom. The van der Waals surface area contributed by atoms with Gasteiger partial charge < -0.3 is 19.7 Å². The van der Waals surface area contributed by atoms with Gasteiger partial charge in [0.25, 0.3) is 0 Å². The number of aryl methyl sites for hydroxylation is 1. The summed E-state index contributed by atoms with van der Waals surface area (Å²) >= 11 is 12.4. The first kappa shape index (κ1) is 24.2. The molecular weight excluding hydrogens is 451 g/mol. The summed E-state index contributed by atoms with van der Waals surface area (Å²) in [5.41, 5.74) is 1.71. The average molecular weight is 479 g/mol. The van der Waals surface area contributed by atoms with Crippen molar-refractivity contribution in [2.24, 2.45) is 0 Å². The monoisotopic (exact) mass is 478 g/mol. The Bertz CT molecular complexity index is 967. The number of ether oxygens (including phenoxy) is 2. The van der Waals surface area contributed by atoms with Crippen LogP contribution in [0.2, 0.25) is 10.0 Å². The molecular formula is C24H28Cl2N2O4. The highest BCUT2D eigenvalue weighted by atomic mass is 35.5. The lowest BCUT2D eigenvalue weighted by Crippen LogP contribution is -2.49. The van der Waals surface area contributed by atoms with Crippen molar-refractivity contribution in [3.8, 4) is 11.5 Å². The molecule has 32 heavy (non-hydrogen) atoms. The van der Waals surface area contributed by atoms with E-state index in [0.717, 1.165) is 17.5 Å². The molecule has 3 rings (SSSR count). The first-order valence-corrected chi connectivity index (χ1v) is 11.6. The van der Waals surface area contributed by atoms with Crippen molar-refractivity contribution in [2.45, 2.75) is 52.1 Å². The molecule has 0 spiro atoms. The van der Waals surface area contributed by atoms with E-state index in [9.17, 15) is 9.59 Å². The van der Waals surface area contributed by atoms with Crippen LogP contribution in [0.3, 0.4) is 0 Å². The topological polar surface area (TPSA) is 67.9 Å². The van der Waals surface area contributed by atoms with Gasteiger partial charge in [0.15, 0.2) is 11.5 Å². The number of nitrogens with one attached hydrogen (secondary N) is 1. The molecule has 1 N–H and O–H groups in total. The fourth-order valence-corrected chi connectivity index (χ4v) is 4.08. The molecule has 1 aliphatic heterocycles. The summed E-state index contributed by atoms with van der Waals surface area (Å²) < 4.78 is 10.8. The van der Waals surface area contributed by atoms with Crippen molar-refractivity contribution in [1.82, 2.24) is 10.2 Å². The van der Waals surface area contributed by atoms with Gasteiger partial charge in [0.1, 0.15) is 6.04 Å². The summed E-state index contributed by atoms with van der Waals surface area (Å²) in [5, 5.41) is 3.90. The number of fused-ring (bicyclic) bond motifs is 1. The molecule has 0 saturated carbocycles. The standard InChI is InChI=1S/C24H28Cl2N2O4/c1-3-11-27-24(30)20(4-2)28(14-17-7-8-18(25)13-19(17)26)23(29)10-6-16-5-9-21-22(12-16)32-15-31-21/h5,7-9,12-13,20H,3-4,6,10-11,14-15H2,1-2H3,(H,27,30). The number of halogens is 2. The van der Waals surface area contributed by atoms with Gasteiger partial charge in [0.05, 0.1) is 0 Å². The van der Waals surface area contributed by atoms with Gasteiger partial charge in [-0.25, -0.2) is 0 Å². The molecule has 0 aliphatic carbocycles. The maximum Gasteiger partial charge on any atom is 0.242 e. The third kappa shape index (κ3) is 6.08. The van der Waals surface area contributed by atoms with Gasteiger partial charge in [-0.05, 0) is 54.7 Å². The number of hydrogen-bond donors (Lipinski definition) is 1. The molecule has 172 valence electrons. The zero-order valence-corrected chi connectivity index (χ0v) is 19.8. The second-order valence-corrected chi connectivity index (χ2v) is 8.50. The molecule has 0 radical (unpaired) electrons. The van der Waals surface area contributed by atoms with Gasteiger partial charge >= 0.3 is 0 Å². The minimum Gasteiger partial charge on any atom is -0.454 e. The van der Waals surface area contributed by atoms with E-state index in [1.54, 1.807) is 23.1 Å². The van der Waals surface area contributed by atoms with Crippen molar-refractivity contribution < 1.29 is 19.1 Å². The molecule has 1 atom stereocenters. The Hall–Kier alpha value is -2.44. The highest BCUT2D eigenvalue weighted by Crippen LogP contribution is 2.33. The van der Waals surface area contributed by atoms with Crippen LogP contribution in [0.4, 0.5) is 0 Å². The maximum atomic E-state index is 13.3. The van der Waals surface area contributed by atoms with Crippen LogP contribution in [-0.4, -0.2) is 36.1 Å². The van der Waals surface area contributed by atoms with E-state index in [1.807, 2.05) is 32.0 Å². The van der Waals surface area contributed by atoms with E-state index in [1.165, 1.54) is 0 Å². The zero-order valence-electron chi connectivity index (χ0n) is 18.3. The van der Waals surface area contributed by atoms with E-state index in [-0.39, 0.29) is 31.6 Å². The van der Waals surface area contributed by atoms with Crippen LogP contribution >= 0.6 is 23.2 Å². The summed E-state index contributed by atoms with van der Waals surface area (Å²) in [6, 6.07) is 10.2. The molecule has 0 saturated heterocycles. The minimum atomic E-state index is -0.586. The summed E-state index contributed by atoms with van der Waals surface area (Å²) in [5.74, 6) is 1.12. The molecule has 6 nitrogen and oxygen atoms in total. The molecule has 2 amide bonds. The van der Waals surface area contributed by atoms with Crippen molar-refractivity contribution in [2.75, 3.05) is 13.3 Å².